The second-order valence-corrected chi connectivity index (χ2v) is 8.68. The second-order valence-electron chi connectivity index (χ2n) is 7.80. The summed E-state index contributed by atoms with van der Waals surface area (Å²) in [5.74, 6) is 1.47. The van der Waals surface area contributed by atoms with Crippen molar-refractivity contribution in [1.82, 2.24) is 19.4 Å². The van der Waals surface area contributed by atoms with Gasteiger partial charge in [-0.3, -0.25) is 0 Å². The van der Waals surface area contributed by atoms with Gasteiger partial charge in [0.15, 0.2) is 5.65 Å². The average Bonchev–Trinajstić information content (AvgIpc) is 3.32. The van der Waals surface area contributed by atoms with E-state index >= 15 is 0 Å². The smallest absolute Gasteiger partial charge is 0.321 e. The summed E-state index contributed by atoms with van der Waals surface area (Å²) in [5, 5.41) is 3.04. The van der Waals surface area contributed by atoms with Gasteiger partial charge in [-0.25, -0.2) is 14.8 Å². The Bertz CT molecular complexity index is 1020. The number of anilines is 1. The largest absolute Gasteiger partial charge is 0.324 e. The van der Waals surface area contributed by atoms with Crippen LogP contribution in [-0.4, -0.2) is 44.8 Å². The average molecular weight is 410 g/mol. The lowest BCUT2D eigenvalue weighted by molar-refractivity contribution is 0.220. The van der Waals surface area contributed by atoms with E-state index in [-0.39, 0.29) is 6.03 Å². The first-order chi connectivity index (χ1) is 14.0. The summed E-state index contributed by atoms with van der Waals surface area (Å²) >= 11 is 1.67. The molecule has 1 N–H and O–H groups in total. The normalized spacial score (nSPS) is 16.7. The first kappa shape index (κ1) is 19.8. The van der Waals surface area contributed by atoms with Crippen molar-refractivity contribution in [3.8, 4) is 0 Å². The molecule has 1 aliphatic heterocycles. The number of imidazole rings is 1. The molecule has 0 aliphatic carbocycles. The molecule has 7 heteroatoms. The number of benzene rings is 1. The molecule has 0 spiro atoms. The maximum Gasteiger partial charge on any atom is 0.321 e. The number of urea groups is 1. The Hall–Kier alpha value is -2.54. The van der Waals surface area contributed by atoms with Gasteiger partial charge in [0.05, 0.1) is 0 Å². The summed E-state index contributed by atoms with van der Waals surface area (Å²) in [7, 11) is 0. The molecular formula is C22H27N5OS. The van der Waals surface area contributed by atoms with Crippen LogP contribution >= 0.6 is 11.8 Å². The van der Waals surface area contributed by atoms with Gasteiger partial charge in [0.2, 0.25) is 0 Å². The molecular weight excluding hydrogens is 382 g/mol. The lowest BCUT2D eigenvalue weighted by Gasteiger charge is -2.18. The van der Waals surface area contributed by atoms with Crippen LogP contribution < -0.4 is 5.32 Å². The number of pyridine rings is 1. The first-order valence-electron chi connectivity index (χ1n) is 10.1. The van der Waals surface area contributed by atoms with Gasteiger partial charge in [-0.15, -0.1) is 11.8 Å². The number of likely N-dealkylation sites (tertiary alicyclic amines) is 1. The monoisotopic (exact) mass is 409 g/mol. The molecule has 3 heterocycles. The third kappa shape index (κ3) is 4.24. The highest BCUT2D eigenvalue weighted by molar-refractivity contribution is 7.98. The predicted octanol–water partition coefficient (Wildman–Crippen LogP) is 4.83. The van der Waals surface area contributed by atoms with E-state index in [0.717, 1.165) is 53.5 Å². The Kier molecular flexibility index (Phi) is 5.76. The van der Waals surface area contributed by atoms with Gasteiger partial charge in [-0.2, -0.15) is 0 Å². The first-order valence-corrected chi connectivity index (χ1v) is 11.3. The molecule has 0 unspecified atom stereocenters. The van der Waals surface area contributed by atoms with Crippen molar-refractivity contribution in [2.75, 3.05) is 24.7 Å². The van der Waals surface area contributed by atoms with Crippen molar-refractivity contribution in [3.05, 3.63) is 48.4 Å². The Morgan fingerprint density at radius 2 is 2.17 bits per heavy atom. The Balaban J connectivity index is 1.43. The number of nitrogens with zero attached hydrogens (tertiary/aromatic N) is 4. The van der Waals surface area contributed by atoms with Crippen molar-refractivity contribution in [1.29, 1.82) is 0 Å². The Morgan fingerprint density at radius 3 is 2.97 bits per heavy atom. The number of thioether (sulfide) groups is 1. The zero-order chi connectivity index (χ0) is 20.4. The minimum atomic E-state index is -0.0233. The van der Waals surface area contributed by atoms with Crippen molar-refractivity contribution in [3.63, 3.8) is 0 Å². The molecule has 3 aromatic rings. The van der Waals surface area contributed by atoms with E-state index < -0.39 is 0 Å². The van der Waals surface area contributed by atoms with Gasteiger partial charge in [0, 0.05) is 42.3 Å². The lowest BCUT2D eigenvalue weighted by Crippen LogP contribution is -2.33. The summed E-state index contributed by atoms with van der Waals surface area (Å²) in [5.41, 5.74) is 2.73. The highest BCUT2D eigenvalue weighted by Gasteiger charge is 2.28. The van der Waals surface area contributed by atoms with Gasteiger partial charge in [0.25, 0.3) is 0 Å². The molecule has 2 aromatic heterocycles. The van der Waals surface area contributed by atoms with Gasteiger partial charge in [-0.05, 0) is 62.8 Å². The van der Waals surface area contributed by atoms with Gasteiger partial charge in [-0.1, -0.05) is 6.07 Å². The minimum Gasteiger partial charge on any atom is -0.324 e. The van der Waals surface area contributed by atoms with Gasteiger partial charge >= 0.3 is 6.03 Å². The lowest BCUT2D eigenvalue weighted by atomic mass is 10.0. The summed E-state index contributed by atoms with van der Waals surface area (Å²) < 4.78 is 2.23. The molecule has 1 aromatic carbocycles. The van der Waals surface area contributed by atoms with Crippen LogP contribution in [0.1, 0.15) is 32.1 Å². The molecule has 6 nitrogen and oxygen atoms in total. The maximum atomic E-state index is 12.7. The summed E-state index contributed by atoms with van der Waals surface area (Å²) in [6.45, 7) is 5.86. The van der Waals surface area contributed by atoms with Crippen LogP contribution in [-0.2, 0) is 6.42 Å². The maximum absolute atomic E-state index is 12.7. The Morgan fingerprint density at radius 1 is 1.31 bits per heavy atom. The number of hydrogen-bond donors (Lipinski definition) is 1. The molecule has 152 valence electrons. The quantitative estimate of drug-likeness (QED) is 0.613. The second kappa shape index (κ2) is 8.45. The number of amides is 2. The summed E-state index contributed by atoms with van der Waals surface area (Å²) in [6.07, 6.45) is 5.71. The highest BCUT2D eigenvalue weighted by atomic mass is 32.2. The van der Waals surface area contributed by atoms with Crippen molar-refractivity contribution >= 4 is 34.6 Å². The molecule has 0 radical (unpaired) electrons. The number of hydrogen-bond acceptors (Lipinski definition) is 4. The fourth-order valence-corrected chi connectivity index (χ4v) is 4.47. The minimum absolute atomic E-state index is 0.0233. The SMILES string of the molecule is CSc1cccc(NC(=O)N2CC[C@H](Cc3nc4cccnc4n3C(C)C)C2)c1. The molecule has 0 bridgehead atoms. The fraction of sp³-hybridized carbons (Fsp3) is 0.409. The van der Waals surface area contributed by atoms with Crippen molar-refractivity contribution in [2.45, 2.75) is 37.6 Å². The van der Waals surface area contributed by atoms with E-state index in [2.05, 4.69) is 28.7 Å². The van der Waals surface area contributed by atoms with E-state index in [1.807, 2.05) is 53.8 Å². The predicted molar refractivity (Wildman–Crippen MR) is 119 cm³/mol. The molecule has 1 fully saturated rings. The molecule has 2 amide bonds. The van der Waals surface area contributed by atoms with Gasteiger partial charge < -0.3 is 14.8 Å². The molecule has 4 rings (SSSR count). The van der Waals surface area contributed by atoms with Crippen molar-refractivity contribution < 1.29 is 4.79 Å². The molecule has 1 atom stereocenters. The number of carbonyl (C=O) groups excluding carboxylic acids is 1. The summed E-state index contributed by atoms with van der Waals surface area (Å²) in [6, 6.07) is 12.2. The number of rotatable bonds is 5. The topological polar surface area (TPSA) is 63.1 Å². The van der Waals surface area contributed by atoms with E-state index in [1.54, 1.807) is 11.8 Å². The van der Waals surface area contributed by atoms with Crippen LogP contribution in [0.3, 0.4) is 0 Å². The zero-order valence-electron chi connectivity index (χ0n) is 17.1. The third-order valence-electron chi connectivity index (χ3n) is 5.40. The molecule has 1 saturated heterocycles. The number of fused-ring (bicyclic) bond motifs is 1. The van der Waals surface area contributed by atoms with Crippen LogP contribution in [0.15, 0.2) is 47.5 Å². The molecule has 1 aliphatic rings. The third-order valence-corrected chi connectivity index (χ3v) is 6.13. The standard InChI is InChI=1S/C22H27N5OS/c1-15(2)27-20(25-19-8-5-10-23-21(19)27)12-16-9-11-26(14-16)22(28)24-17-6-4-7-18(13-17)29-3/h4-8,10,13,15-16H,9,11-12,14H2,1-3H3,(H,24,28)/t16-/m1/s1. The van der Waals surface area contributed by atoms with Crippen LogP contribution in [0.4, 0.5) is 10.5 Å². The number of carbonyl (C=O) groups is 1. The highest BCUT2D eigenvalue weighted by Crippen LogP contribution is 2.26. The van der Waals surface area contributed by atoms with E-state index in [0.29, 0.717) is 12.0 Å². The Labute approximate surface area is 175 Å². The fourth-order valence-electron chi connectivity index (χ4n) is 4.01. The van der Waals surface area contributed by atoms with Crippen LogP contribution in [0.25, 0.3) is 11.2 Å². The van der Waals surface area contributed by atoms with Crippen LogP contribution in [0.2, 0.25) is 0 Å². The van der Waals surface area contributed by atoms with E-state index in [1.165, 1.54) is 0 Å². The zero-order valence-corrected chi connectivity index (χ0v) is 17.9. The number of nitrogens with one attached hydrogen (secondary N) is 1. The van der Waals surface area contributed by atoms with Gasteiger partial charge in [0.1, 0.15) is 11.3 Å². The summed E-state index contributed by atoms with van der Waals surface area (Å²) in [4.78, 5) is 25.1. The molecule has 0 saturated carbocycles. The van der Waals surface area contributed by atoms with Crippen LogP contribution in [0.5, 0.6) is 0 Å². The molecule has 29 heavy (non-hydrogen) atoms. The number of aromatic nitrogens is 3. The van der Waals surface area contributed by atoms with E-state index in [4.69, 9.17) is 4.98 Å². The van der Waals surface area contributed by atoms with E-state index in [9.17, 15) is 4.79 Å². The van der Waals surface area contributed by atoms with Crippen LogP contribution in [0, 0.1) is 5.92 Å². The van der Waals surface area contributed by atoms with Crippen molar-refractivity contribution in [2.24, 2.45) is 5.92 Å².